The molecule has 1 saturated carbocycles. The Balaban J connectivity index is 1.66. The molecular weight excluding hydrogens is 252 g/mol. The summed E-state index contributed by atoms with van der Waals surface area (Å²) in [6.45, 7) is 0. The van der Waals surface area contributed by atoms with Gasteiger partial charge in [0, 0.05) is 19.7 Å². The Hall–Kier alpha value is -1.62. The Kier molecular flexibility index (Phi) is 3.87. The zero-order valence-corrected chi connectivity index (χ0v) is 11.9. The first-order valence-corrected chi connectivity index (χ1v) is 7.42. The molecule has 0 spiro atoms. The first-order valence-electron chi connectivity index (χ1n) is 7.42. The highest BCUT2D eigenvalue weighted by atomic mass is 16.3. The van der Waals surface area contributed by atoms with Crippen LogP contribution < -0.4 is 0 Å². The Bertz CT molecular complexity index is 554. The molecule has 5 heteroatoms. The maximum Gasteiger partial charge on any atom is 0.101 e. The molecule has 108 valence electrons. The number of hydrogen-bond donors (Lipinski definition) is 1. The first-order chi connectivity index (χ1) is 9.74. The predicted octanol–water partition coefficient (Wildman–Crippen LogP) is 2.40. The zero-order chi connectivity index (χ0) is 13.9. The van der Waals surface area contributed by atoms with Crippen molar-refractivity contribution in [1.29, 1.82) is 0 Å². The molecule has 2 aromatic rings. The smallest absolute Gasteiger partial charge is 0.101 e. The van der Waals surface area contributed by atoms with Crippen LogP contribution in [-0.4, -0.2) is 24.4 Å². The third-order valence-corrected chi connectivity index (χ3v) is 4.21. The first kappa shape index (κ1) is 13.4. The van der Waals surface area contributed by atoms with E-state index >= 15 is 0 Å². The maximum atomic E-state index is 10.3. The van der Waals surface area contributed by atoms with Gasteiger partial charge in [0.15, 0.2) is 0 Å². The Morgan fingerprint density at radius 3 is 2.85 bits per heavy atom. The molecule has 1 aliphatic rings. The van der Waals surface area contributed by atoms with E-state index in [1.54, 1.807) is 12.5 Å². The standard InChI is InChI=1S/C15H22N4O/c1-18-11-16-10-14(18)15(20)9-12-7-8-19(17-12)13-5-3-2-4-6-13/h7-8,10-11,13,15,20H,2-6,9H2,1H3. The highest BCUT2D eigenvalue weighted by Gasteiger charge is 2.18. The van der Waals surface area contributed by atoms with E-state index in [1.165, 1.54) is 32.1 Å². The van der Waals surface area contributed by atoms with Gasteiger partial charge in [-0.3, -0.25) is 4.68 Å². The van der Waals surface area contributed by atoms with E-state index in [2.05, 4.69) is 21.0 Å². The van der Waals surface area contributed by atoms with Crippen molar-refractivity contribution in [2.75, 3.05) is 0 Å². The molecule has 1 aliphatic carbocycles. The summed E-state index contributed by atoms with van der Waals surface area (Å²) in [5, 5.41) is 14.9. The second-order valence-electron chi connectivity index (χ2n) is 5.73. The molecule has 0 aromatic carbocycles. The van der Waals surface area contributed by atoms with Crippen molar-refractivity contribution < 1.29 is 5.11 Å². The Labute approximate surface area is 119 Å². The summed E-state index contributed by atoms with van der Waals surface area (Å²) in [5.41, 5.74) is 1.78. The third kappa shape index (κ3) is 2.77. The number of imidazole rings is 1. The summed E-state index contributed by atoms with van der Waals surface area (Å²) in [7, 11) is 1.90. The molecule has 1 fully saturated rings. The van der Waals surface area contributed by atoms with Crippen LogP contribution in [0.3, 0.4) is 0 Å². The van der Waals surface area contributed by atoms with Crippen LogP contribution in [0.15, 0.2) is 24.8 Å². The van der Waals surface area contributed by atoms with E-state index in [9.17, 15) is 5.11 Å². The van der Waals surface area contributed by atoms with Crippen molar-refractivity contribution in [2.24, 2.45) is 7.05 Å². The Morgan fingerprint density at radius 1 is 1.35 bits per heavy atom. The van der Waals surface area contributed by atoms with Gasteiger partial charge < -0.3 is 9.67 Å². The van der Waals surface area contributed by atoms with Gasteiger partial charge >= 0.3 is 0 Å². The summed E-state index contributed by atoms with van der Waals surface area (Å²) in [6, 6.07) is 2.57. The maximum absolute atomic E-state index is 10.3. The van der Waals surface area contributed by atoms with Crippen LogP contribution in [0.5, 0.6) is 0 Å². The molecule has 5 nitrogen and oxygen atoms in total. The molecule has 1 N–H and O–H groups in total. The lowest BCUT2D eigenvalue weighted by atomic mass is 9.96. The highest BCUT2D eigenvalue weighted by molar-refractivity contribution is 5.09. The van der Waals surface area contributed by atoms with Crippen molar-refractivity contribution in [3.05, 3.63) is 36.2 Å². The summed E-state index contributed by atoms with van der Waals surface area (Å²) in [5.74, 6) is 0. The summed E-state index contributed by atoms with van der Waals surface area (Å²) < 4.78 is 3.94. The van der Waals surface area contributed by atoms with Gasteiger partial charge in [0.2, 0.25) is 0 Å². The topological polar surface area (TPSA) is 55.9 Å². The summed E-state index contributed by atoms with van der Waals surface area (Å²) in [6.07, 6.45) is 11.9. The average Bonchev–Trinajstić information content (AvgIpc) is 3.09. The van der Waals surface area contributed by atoms with Crippen molar-refractivity contribution in [3.63, 3.8) is 0 Å². The van der Waals surface area contributed by atoms with Crippen LogP contribution in [0.4, 0.5) is 0 Å². The van der Waals surface area contributed by atoms with Crippen LogP contribution in [0.1, 0.15) is 55.6 Å². The lowest BCUT2D eigenvalue weighted by Crippen LogP contribution is -2.14. The fourth-order valence-electron chi connectivity index (χ4n) is 3.03. The van der Waals surface area contributed by atoms with Gasteiger partial charge in [0.1, 0.15) is 6.10 Å². The molecule has 2 heterocycles. The largest absolute Gasteiger partial charge is 0.386 e. The number of aliphatic hydroxyl groups excluding tert-OH is 1. The predicted molar refractivity (Wildman–Crippen MR) is 76.2 cm³/mol. The van der Waals surface area contributed by atoms with E-state index in [-0.39, 0.29) is 0 Å². The molecule has 3 rings (SSSR count). The van der Waals surface area contributed by atoms with Crippen LogP contribution >= 0.6 is 0 Å². The molecular formula is C15H22N4O. The van der Waals surface area contributed by atoms with Crippen LogP contribution in [0, 0.1) is 0 Å². The number of aliphatic hydroxyl groups is 1. The molecule has 1 unspecified atom stereocenters. The minimum Gasteiger partial charge on any atom is -0.386 e. The van der Waals surface area contributed by atoms with Gasteiger partial charge in [-0.25, -0.2) is 4.98 Å². The summed E-state index contributed by atoms with van der Waals surface area (Å²) >= 11 is 0. The molecule has 0 saturated heterocycles. The molecule has 0 aliphatic heterocycles. The second kappa shape index (κ2) is 5.79. The average molecular weight is 274 g/mol. The van der Waals surface area contributed by atoms with Gasteiger partial charge in [0.05, 0.1) is 30.0 Å². The van der Waals surface area contributed by atoms with E-state index in [4.69, 9.17) is 0 Å². The van der Waals surface area contributed by atoms with Crippen molar-refractivity contribution >= 4 is 0 Å². The van der Waals surface area contributed by atoms with Crippen LogP contribution in [-0.2, 0) is 13.5 Å². The number of aromatic nitrogens is 4. The number of rotatable bonds is 4. The monoisotopic (exact) mass is 274 g/mol. The second-order valence-corrected chi connectivity index (χ2v) is 5.73. The molecule has 1 atom stereocenters. The van der Waals surface area contributed by atoms with Crippen molar-refractivity contribution in [2.45, 2.75) is 50.7 Å². The van der Waals surface area contributed by atoms with E-state index in [0.717, 1.165) is 11.4 Å². The van der Waals surface area contributed by atoms with E-state index < -0.39 is 6.10 Å². The molecule has 0 amide bonds. The highest BCUT2D eigenvalue weighted by Crippen LogP contribution is 2.27. The van der Waals surface area contributed by atoms with Gasteiger partial charge in [-0.1, -0.05) is 19.3 Å². The van der Waals surface area contributed by atoms with Crippen molar-refractivity contribution in [3.8, 4) is 0 Å². The quantitative estimate of drug-likeness (QED) is 0.931. The molecule has 0 bridgehead atoms. The van der Waals surface area contributed by atoms with Gasteiger partial charge in [-0.05, 0) is 18.9 Å². The SMILES string of the molecule is Cn1cncc1C(O)Cc1ccn(C2CCCCC2)n1. The van der Waals surface area contributed by atoms with Crippen LogP contribution in [0.2, 0.25) is 0 Å². The lowest BCUT2D eigenvalue weighted by Gasteiger charge is -2.21. The number of aryl methyl sites for hydroxylation is 1. The minimum atomic E-state index is -0.544. The number of hydrogen-bond acceptors (Lipinski definition) is 3. The van der Waals surface area contributed by atoms with E-state index in [1.807, 2.05) is 17.7 Å². The van der Waals surface area contributed by atoms with Gasteiger partial charge in [-0.2, -0.15) is 5.10 Å². The molecule has 2 aromatic heterocycles. The number of nitrogens with zero attached hydrogens (tertiary/aromatic N) is 4. The van der Waals surface area contributed by atoms with Crippen molar-refractivity contribution in [1.82, 2.24) is 19.3 Å². The lowest BCUT2D eigenvalue weighted by molar-refractivity contribution is 0.168. The molecule has 0 radical (unpaired) electrons. The normalized spacial score (nSPS) is 18.3. The third-order valence-electron chi connectivity index (χ3n) is 4.21. The Morgan fingerprint density at radius 2 is 2.15 bits per heavy atom. The van der Waals surface area contributed by atoms with Crippen LogP contribution in [0.25, 0.3) is 0 Å². The van der Waals surface area contributed by atoms with Gasteiger partial charge in [-0.15, -0.1) is 0 Å². The van der Waals surface area contributed by atoms with E-state index in [0.29, 0.717) is 12.5 Å². The summed E-state index contributed by atoms with van der Waals surface area (Å²) in [4.78, 5) is 4.04. The minimum absolute atomic E-state index is 0.541. The fraction of sp³-hybridized carbons (Fsp3) is 0.600. The zero-order valence-electron chi connectivity index (χ0n) is 11.9. The molecule has 20 heavy (non-hydrogen) atoms. The van der Waals surface area contributed by atoms with Gasteiger partial charge in [0.25, 0.3) is 0 Å². The fourth-order valence-corrected chi connectivity index (χ4v) is 3.03.